The van der Waals surface area contributed by atoms with E-state index in [-0.39, 0.29) is 22.8 Å². The van der Waals surface area contributed by atoms with E-state index >= 15 is 0 Å². The van der Waals surface area contributed by atoms with Crippen molar-refractivity contribution in [3.8, 4) is 0 Å². The van der Waals surface area contributed by atoms with Gasteiger partial charge in [-0.05, 0) is 73.0 Å². The van der Waals surface area contributed by atoms with Crippen molar-refractivity contribution >= 4 is 17.2 Å². The van der Waals surface area contributed by atoms with Crippen LogP contribution in [0.15, 0.2) is 46.4 Å². The summed E-state index contributed by atoms with van der Waals surface area (Å²) in [4.78, 5) is 17.0. The van der Waals surface area contributed by atoms with E-state index in [0.29, 0.717) is 24.7 Å². The Morgan fingerprint density at radius 1 is 1.12 bits per heavy atom. The maximum absolute atomic E-state index is 12.6. The van der Waals surface area contributed by atoms with Gasteiger partial charge in [-0.1, -0.05) is 36.3 Å². The molecule has 0 unspecified atom stereocenters. The highest BCUT2D eigenvalue weighted by Crippen LogP contribution is 2.67. The highest BCUT2D eigenvalue weighted by atomic mass is 16.4. The molecule has 0 amide bonds. The third-order valence-electron chi connectivity index (χ3n) is 9.47. The number of hydrogen-bond acceptors (Lipinski definition) is 7. The zero-order valence-corrected chi connectivity index (χ0v) is 18.7. The number of nitrogens with zero attached hydrogens (tertiary/aromatic N) is 3. The maximum atomic E-state index is 12.6. The van der Waals surface area contributed by atoms with Gasteiger partial charge in [-0.25, -0.2) is 0 Å². The Morgan fingerprint density at radius 2 is 1.91 bits per heavy atom. The molecule has 4 aliphatic carbocycles. The highest BCUT2D eigenvalue weighted by molar-refractivity contribution is 6.70. The first-order valence-corrected chi connectivity index (χ1v) is 11.6. The molecule has 0 radical (unpaired) electrons. The molecule has 1 heterocycles. The van der Waals surface area contributed by atoms with Crippen LogP contribution in [0.5, 0.6) is 0 Å². The molecule has 5 rings (SSSR count). The summed E-state index contributed by atoms with van der Waals surface area (Å²) in [6.45, 7) is 4.35. The average molecular weight is 438 g/mol. The van der Waals surface area contributed by atoms with Crippen LogP contribution in [0.25, 0.3) is 0 Å². The molecule has 0 bridgehead atoms. The van der Waals surface area contributed by atoms with Crippen LogP contribution in [0.2, 0.25) is 0 Å². The SMILES string of the molecule is C[C@]12C/C(=N/O)C(=O)/C(=N\O)C1=CC[C@@H]1[C@@H]2CC[C@@]2(C)[C@H]1CC[C@@]2(O)Cc1ccccn1. The van der Waals surface area contributed by atoms with Gasteiger partial charge in [0.05, 0.1) is 5.60 Å². The van der Waals surface area contributed by atoms with Crippen LogP contribution in [0, 0.1) is 28.6 Å². The summed E-state index contributed by atoms with van der Waals surface area (Å²) < 4.78 is 0. The minimum Gasteiger partial charge on any atom is -0.411 e. The smallest absolute Gasteiger partial charge is 0.232 e. The molecule has 7 heteroatoms. The normalized spacial score (nSPS) is 43.5. The Balaban J connectivity index is 1.50. The monoisotopic (exact) mass is 437 g/mol. The van der Waals surface area contributed by atoms with Crippen molar-refractivity contribution in [2.45, 2.75) is 64.4 Å². The Bertz CT molecular complexity index is 1030. The minimum absolute atomic E-state index is 0.0106. The fourth-order valence-corrected chi connectivity index (χ4v) is 7.76. The molecule has 7 nitrogen and oxygen atoms in total. The van der Waals surface area contributed by atoms with Crippen LogP contribution in [0.3, 0.4) is 0 Å². The number of ketones is 1. The lowest BCUT2D eigenvalue weighted by molar-refractivity contribution is -0.120. The number of carbonyl (C=O) groups is 1. The van der Waals surface area contributed by atoms with E-state index in [9.17, 15) is 20.3 Å². The van der Waals surface area contributed by atoms with Crippen molar-refractivity contribution in [1.29, 1.82) is 0 Å². The van der Waals surface area contributed by atoms with Gasteiger partial charge in [-0.2, -0.15) is 0 Å². The van der Waals surface area contributed by atoms with Crippen LogP contribution in [-0.4, -0.2) is 43.3 Å². The van der Waals surface area contributed by atoms with Crippen molar-refractivity contribution in [3.63, 3.8) is 0 Å². The van der Waals surface area contributed by atoms with E-state index in [4.69, 9.17) is 0 Å². The van der Waals surface area contributed by atoms with Gasteiger partial charge < -0.3 is 15.5 Å². The van der Waals surface area contributed by atoms with Crippen LogP contribution < -0.4 is 0 Å². The van der Waals surface area contributed by atoms with Gasteiger partial charge in [0.25, 0.3) is 0 Å². The van der Waals surface area contributed by atoms with E-state index in [0.717, 1.165) is 43.4 Å². The van der Waals surface area contributed by atoms with Crippen molar-refractivity contribution in [1.82, 2.24) is 4.98 Å². The number of allylic oxidation sites excluding steroid dienone is 2. The molecule has 0 aliphatic heterocycles. The van der Waals surface area contributed by atoms with Crippen LogP contribution in [0.4, 0.5) is 0 Å². The third-order valence-corrected chi connectivity index (χ3v) is 9.47. The first kappa shape index (κ1) is 21.3. The third kappa shape index (κ3) is 2.76. The first-order chi connectivity index (χ1) is 15.3. The number of aliphatic hydroxyl groups is 1. The molecular formula is C25H31N3O4. The number of pyridine rings is 1. The summed E-state index contributed by atoms with van der Waals surface area (Å²) in [6, 6.07) is 5.85. The van der Waals surface area contributed by atoms with Crippen LogP contribution in [0.1, 0.15) is 58.1 Å². The van der Waals surface area contributed by atoms with E-state index in [1.54, 1.807) is 6.20 Å². The highest BCUT2D eigenvalue weighted by Gasteiger charge is 2.64. The van der Waals surface area contributed by atoms with Crippen molar-refractivity contribution in [2.75, 3.05) is 0 Å². The molecule has 32 heavy (non-hydrogen) atoms. The fraction of sp³-hybridized carbons (Fsp3) is 0.600. The van der Waals surface area contributed by atoms with Crippen molar-refractivity contribution < 1.29 is 20.3 Å². The lowest BCUT2D eigenvalue weighted by Gasteiger charge is -2.58. The van der Waals surface area contributed by atoms with Gasteiger partial charge in [0, 0.05) is 30.1 Å². The van der Waals surface area contributed by atoms with E-state index < -0.39 is 16.8 Å². The number of oxime groups is 2. The Kier molecular flexibility index (Phi) is 4.82. The lowest BCUT2D eigenvalue weighted by Crippen LogP contribution is -2.57. The van der Waals surface area contributed by atoms with Gasteiger partial charge in [0.15, 0.2) is 5.71 Å². The molecule has 0 aromatic carbocycles. The number of hydrogen-bond donors (Lipinski definition) is 3. The summed E-state index contributed by atoms with van der Waals surface area (Å²) in [5, 5.41) is 37.5. The standard InChI is InChI=1S/C25H31N3O4/c1-23-14-20(27-31)22(29)21(28-32)19(23)7-6-16-17(23)8-10-24(2)18(16)9-11-25(24,30)13-15-5-3-4-12-26-15/h3-5,7,12,16-18,30-32H,6,8-11,13-14H2,1-2H3/b27-20-,28-21-/t16-,17+,18+,23-,24+,25-/m1/s1. The molecule has 170 valence electrons. The molecule has 4 aliphatic rings. The largest absolute Gasteiger partial charge is 0.411 e. The number of aromatic nitrogens is 1. The molecule has 0 saturated heterocycles. The van der Waals surface area contributed by atoms with Crippen LogP contribution in [-0.2, 0) is 11.2 Å². The number of fused-ring (bicyclic) bond motifs is 5. The molecular weight excluding hydrogens is 406 g/mol. The Hall–Kier alpha value is -2.54. The second kappa shape index (κ2) is 7.24. The predicted octanol–water partition coefficient (Wildman–Crippen LogP) is 3.77. The zero-order chi connectivity index (χ0) is 22.7. The van der Waals surface area contributed by atoms with Gasteiger partial charge in [0.1, 0.15) is 5.71 Å². The molecule has 3 N–H and O–H groups in total. The zero-order valence-electron chi connectivity index (χ0n) is 18.7. The van der Waals surface area contributed by atoms with Gasteiger partial charge in [0.2, 0.25) is 5.78 Å². The van der Waals surface area contributed by atoms with E-state index in [1.165, 1.54) is 0 Å². The number of rotatable bonds is 2. The maximum Gasteiger partial charge on any atom is 0.232 e. The van der Waals surface area contributed by atoms with E-state index in [2.05, 4.69) is 35.2 Å². The average Bonchev–Trinajstić information content (AvgIpc) is 3.05. The fourth-order valence-electron chi connectivity index (χ4n) is 7.76. The van der Waals surface area contributed by atoms with Gasteiger partial charge in [-0.15, -0.1) is 0 Å². The summed E-state index contributed by atoms with van der Waals surface area (Å²) in [7, 11) is 0. The Morgan fingerprint density at radius 3 is 2.59 bits per heavy atom. The number of carbonyl (C=O) groups excluding carboxylic acids is 1. The topological polar surface area (TPSA) is 115 Å². The first-order valence-electron chi connectivity index (χ1n) is 11.6. The quantitative estimate of drug-likeness (QED) is 0.481. The van der Waals surface area contributed by atoms with Crippen molar-refractivity contribution in [3.05, 3.63) is 41.7 Å². The second-order valence-corrected chi connectivity index (χ2v) is 10.7. The second-order valence-electron chi connectivity index (χ2n) is 10.7. The molecule has 1 aromatic heterocycles. The van der Waals surface area contributed by atoms with Gasteiger partial charge >= 0.3 is 0 Å². The van der Waals surface area contributed by atoms with Gasteiger partial charge in [-0.3, -0.25) is 9.78 Å². The molecule has 3 fully saturated rings. The predicted molar refractivity (Wildman–Crippen MR) is 119 cm³/mol. The van der Waals surface area contributed by atoms with Crippen molar-refractivity contribution in [2.24, 2.45) is 38.9 Å². The summed E-state index contributed by atoms with van der Waals surface area (Å²) in [5.74, 6) is 0.474. The molecule has 1 aromatic rings. The molecule has 6 atom stereocenters. The molecule has 3 saturated carbocycles. The summed E-state index contributed by atoms with van der Waals surface area (Å²) >= 11 is 0. The van der Waals surface area contributed by atoms with E-state index in [1.807, 2.05) is 18.2 Å². The summed E-state index contributed by atoms with van der Waals surface area (Å²) in [5.41, 5.74) is 0.350. The van der Waals surface area contributed by atoms with Crippen LogP contribution >= 0.6 is 0 Å². The lowest BCUT2D eigenvalue weighted by atomic mass is 9.46. The number of Topliss-reactive ketones (excluding diaryl/α,β-unsaturated/α-hetero) is 1. The minimum atomic E-state index is -0.792. The Labute approximate surface area is 187 Å². The summed E-state index contributed by atoms with van der Waals surface area (Å²) in [6.07, 6.45) is 9.05. The molecule has 0 spiro atoms.